The second-order valence-corrected chi connectivity index (χ2v) is 11.4. The number of nitrogens with zero attached hydrogens (tertiary/aromatic N) is 5. The lowest BCUT2D eigenvalue weighted by Gasteiger charge is -2.52. The topological polar surface area (TPSA) is 191 Å². The lowest BCUT2D eigenvalue weighted by molar-refractivity contribution is -0.393. The van der Waals surface area contributed by atoms with Crippen LogP contribution in [0.25, 0.3) is 0 Å². The van der Waals surface area contributed by atoms with Crippen LogP contribution >= 0.6 is 0 Å². The van der Waals surface area contributed by atoms with Crippen LogP contribution in [0.3, 0.4) is 0 Å². The molecule has 0 unspecified atom stereocenters. The van der Waals surface area contributed by atoms with E-state index >= 15 is 0 Å². The van der Waals surface area contributed by atoms with E-state index in [1.165, 1.54) is 18.3 Å². The molecule has 4 aromatic rings. The second kappa shape index (κ2) is 10.1. The van der Waals surface area contributed by atoms with Crippen LogP contribution in [-0.2, 0) is 15.0 Å². The van der Waals surface area contributed by atoms with E-state index in [0.29, 0.717) is 16.7 Å². The van der Waals surface area contributed by atoms with Crippen LogP contribution in [0.15, 0.2) is 90.0 Å². The predicted octanol–water partition coefficient (Wildman–Crippen LogP) is 5.37. The molecule has 1 fully saturated rings. The number of hydrazone groups is 1. The van der Waals surface area contributed by atoms with E-state index in [0.717, 1.165) is 34.2 Å². The fourth-order valence-electron chi connectivity index (χ4n) is 7.34. The molecule has 2 bridgehead atoms. The van der Waals surface area contributed by atoms with E-state index in [9.17, 15) is 39.9 Å². The molecule has 4 aromatic carbocycles. The highest BCUT2D eigenvalue weighted by atomic mass is 16.6. The van der Waals surface area contributed by atoms with Gasteiger partial charge in [0.2, 0.25) is 11.8 Å². The number of imide groups is 1. The van der Waals surface area contributed by atoms with Crippen molar-refractivity contribution < 1.29 is 24.4 Å². The minimum atomic E-state index is -1.36. The van der Waals surface area contributed by atoms with Crippen LogP contribution in [0.5, 0.6) is 0 Å². The summed E-state index contributed by atoms with van der Waals surface area (Å²) in [5.41, 5.74) is 3.14. The minimum absolute atomic E-state index is 0.126. The number of non-ortho nitro benzene ring substituents is 1. The lowest BCUT2D eigenvalue weighted by atomic mass is 9.47. The van der Waals surface area contributed by atoms with Gasteiger partial charge in [0.15, 0.2) is 0 Å². The number of carbonyl (C=O) groups is 2. The van der Waals surface area contributed by atoms with Gasteiger partial charge < -0.3 is 0 Å². The van der Waals surface area contributed by atoms with Crippen molar-refractivity contribution in [2.45, 2.75) is 18.3 Å². The maximum atomic E-state index is 14.6. The van der Waals surface area contributed by atoms with Crippen molar-refractivity contribution in [2.24, 2.45) is 16.9 Å². The lowest BCUT2D eigenvalue weighted by Crippen LogP contribution is -2.54. The summed E-state index contributed by atoms with van der Waals surface area (Å²) in [6, 6.07) is 22.0. The van der Waals surface area contributed by atoms with Crippen LogP contribution in [0.2, 0.25) is 0 Å². The molecule has 2 atom stereocenters. The molecule has 1 N–H and O–H groups in total. The van der Waals surface area contributed by atoms with Crippen LogP contribution in [0.4, 0.5) is 28.4 Å². The Bertz CT molecular complexity index is 2030. The Balaban J connectivity index is 1.42. The van der Waals surface area contributed by atoms with Gasteiger partial charge in [-0.15, -0.1) is 0 Å². The average Bonchev–Trinajstić information content (AvgIpc) is 3.31. The van der Waals surface area contributed by atoms with Gasteiger partial charge in [-0.1, -0.05) is 54.6 Å². The summed E-state index contributed by atoms with van der Waals surface area (Å²) in [6.45, 7) is 1.67. The van der Waals surface area contributed by atoms with Gasteiger partial charge in [0.1, 0.15) is 11.4 Å². The van der Waals surface area contributed by atoms with E-state index in [2.05, 4.69) is 10.5 Å². The largest absolute Gasteiger partial charge is 0.301 e. The highest BCUT2D eigenvalue weighted by Crippen LogP contribution is 2.64. The highest BCUT2D eigenvalue weighted by molar-refractivity contribution is 6.25. The van der Waals surface area contributed by atoms with Gasteiger partial charge in [-0.05, 0) is 46.9 Å². The zero-order valence-corrected chi connectivity index (χ0v) is 23.9. The van der Waals surface area contributed by atoms with Crippen molar-refractivity contribution >= 4 is 46.5 Å². The third-order valence-electron chi connectivity index (χ3n) is 9.09. The first kappa shape index (κ1) is 28.5. The number of nitro benzene ring substituents is 3. The zero-order chi connectivity index (χ0) is 32.5. The average molecular weight is 619 g/mol. The van der Waals surface area contributed by atoms with Gasteiger partial charge in [-0.25, -0.2) is 4.90 Å². The number of aryl methyl sites for hydroxylation is 1. The number of benzene rings is 4. The molecule has 228 valence electrons. The van der Waals surface area contributed by atoms with Gasteiger partial charge in [-0.2, -0.15) is 5.10 Å². The van der Waals surface area contributed by atoms with Crippen molar-refractivity contribution in [3.05, 3.63) is 143 Å². The Morgan fingerprint density at radius 1 is 0.783 bits per heavy atom. The van der Waals surface area contributed by atoms with Gasteiger partial charge in [0.25, 0.3) is 11.4 Å². The van der Waals surface area contributed by atoms with Gasteiger partial charge in [0.05, 0.1) is 38.1 Å². The number of hydrogen-bond acceptors (Lipinski definition) is 10. The molecule has 2 amide bonds. The Morgan fingerprint density at radius 3 is 2.02 bits per heavy atom. The molecule has 46 heavy (non-hydrogen) atoms. The molecule has 0 aromatic heterocycles. The number of hydrogen-bond donors (Lipinski definition) is 1. The normalized spacial score (nSPS) is 22.4. The minimum Gasteiger partial charge on any atom is -0.274 e. The maximum absolute atomic E-state index is 14.6. The number of amides is 2. The maximum Gasteiger partial charge on any atom is 0.301 e. The fourth-order valence-corrected chi connectivity index (χ4v) is 7.34. The summed E-state index contributed by atoms with van der Waals surface area (Å²) >= 11 is 0. The molecule has 1 saturated heterocycles. The summed E-state index contributed by atoms with van der Waals surface area (Å²) in [5, 5.41) is 39.4. The van der Waals surface area contributed by atoms with E-state index in [-0.39, 0.29) is 17.1 Å². The van der Waals surface area contributed by atoms with Crippen LogP contribution in [-0.4, -0.2) is 32.8 Å². The Hall–Kier alpha value is -6.31. The molecule has 0 spiro atoms. The van der Waals surface area contributed by atoms with Crippen molar-refractivity contribution in [3.63, 3.8) is 0 Å². The van der Waals surface area contributed by atoms with Crippen LogP contribution in [0.1, 0.15) is 33.7 Å². The second-order valence-electron chi connectivity index (χ2n) is 11.4. The van der Waals surface area contributed by atoms with Crippen LogP contribution < -0.4 is 10.3 Å². The molecule has 0 saturated carbocycles. The third-order valence-corrected chi connectivity index (χ3v) is 9.09. The Morgan fingerprint density at radius 2 is 1.41 bits per heavy atom. The molecule has 8 rings (SSSR count). The number of carbonyl (C=O) groups excluding carboxylic acids is 2. The quantitative estimate of drug-likeness (QED) is 0.123. The summed E-state index contributed by atoms with van der Waals surface area (Å²) in [6.07, 6.45) is 1.45. The Kier molecular flexibility index (Phi) is 6.26. The van der Waals surface area contributed by atoms with E-state index in [1.807, 2.05) is 36.4 Å². The SMILES string of the molecule is Cc1ccc(N2C(=O)[C@@H]3[C@@H](C2=O)C2c4ccccc4C3(/C=N\Nc3ccc([N+](=O)[O-])cc3[N+](=O)[O-])c3ccccc32)c([N+](=O)[O-])c1. The van der Waals surface area contributed by atoms with Crippen molar-refractivity contribution in [2.75, 3.05) is 10.3 Å². The smallest absolute Gasteiger partial charge is 0.274 e. The first-order chi connectivity index (χ1) is 22.1. The molecule has 3 aliphatic carbocycles. The molecular weight excluding hydrogens is 596 g/mol. The molecule has 1 aliphatic heterocycles. The standard InChI is InChI=1S/C32H22N6O8/c1-17-10-13-24(26(14-17)38(45)46)35-30(39)28-27-19-6-2-4-8-21(19)32(29(28)31(35)40,22-9-5-3-7-20(22)27)16-33-34-23-12-11-18(36(41)42)15-25(23)37(43)44/h2-16,27-29,34H,1H3/b33-16-/t27?,28-,29-,32?/m0/s1. The van der Waals surface area contributed by atoms with Gasteiger partial charge in [-0.3, -0.25) is 45.4 Å². The van der Waals surface area contributed by atoms with Crippen molar-refractivity contribution in [1.29, 1.82) is 0 Å². The van der Waals surface area contributed by atoms with E-state index in [4.69, 9.17) is 0 Å². The third kappa shape index (κ3) is 3.86. The zero-order valence-electron chi connectivity index (χ0n) is 23.9. The number of rotatable bonds is 7. The predicted molar refractivity (Wildman–Crippen MR) is 165 cm³/mol. The first-order valence-corrected chi connectivity index (χ1v) is 14.1. The summed E-state index contributed by atoms with van der Waals surface area (Å²) in [5.74, 6) is -3.73. The molecule has 4 aliphatic rings. The van der Waals surface area contributed by atoms with E-state index in [1.54, 1.807) is 25.1 Å². The number of anilines is 2. The summed E-state index contributed by atoms with van der Waals surface area (Å²) in [7, 11) is 0. The van der Waals surface area contributed by atoms with Crippen molar-refractivity contribution in [3.8, 4) is 0 Å². The van der Waals surface area contributed by atoms with Gasteiger partial charge >= 0.3 is 5.69 Å². The van der Waals surface area contributed by atoms with Crippen LogP contribution in [0, 0.1) is 49.1 Å². The van der Waals surface area contributed by atoms with Crippen molar-refractivity contribution in [1.82, 2.24) is 0 Å². The summed E-state index contributed by atoms with van der Waals surface area (Å²) in [4.78, 5) is 62.7. The molecule has 14 heteroatoms. The number of nitrogens with one attached hydrogen (secondary N) is 1. The Labute approximate surface area is 259 Å². The van der Waals surface area contributed by atoms with E-state index < -0.39 is 61.1 Å². The number of nitro groups is 3. The molecule has 14 nitrogen and oxygen atoms in total. The fraction of sp³-hybridized carbons (Fsp3) is 0.156. The molecule has 0 radical (unpaired) electrons. The molecular formula is C32H22N6O8. The first-order valence-electron chi connectivity index (χ1n) is 14.1. The van der Waals surface area contributed by atoms with Gasteiger partial charge in [0, 0.05) is 24.3 Å². The summed E-state index contributed by atoms with van der Waals surface area (Å²) < 4.78 is 0. The monoisotopic (exact) mass is 618 g/mol. The highest BCUT2D eigenvalue weighted by Gasteiger charge is 2.68. The molecule has 1 heterocycles.